The largest absolute Gasteiger partial charge is 0.381 e. The number of anilines is 1. The van der Waals surface area contributed by atoms with Crippen LogP contribution in [0.25, 0.3) is 0 Å². The van der Waals surface area contributed by atoms with Gasteiger partial charge in [0.05, 0.1) is 23.5 Å². The molecule has 1 aromatic carbocycles. The topological polar surface area (TPSA) is 46.9 Å². The van der Waals surface area contributed by atoms with E-state index in [1.165, 1.54) is 16.8 Å². The summed E-state index contributed by atoms with van der Waals surface area (Å²) < 4.78 is 14.6. The lowest BCUT2D eigenvalue weighted by Crippen LogP contribution is -2.23. The standard InChI is InChI=1S/C14H13ClFN3O/c15-14-9(2-1-3-12(14)16)8-19-13(20)6-11(7-17-19)18-10-4-5-10/h1-3,6-7,10,18H,4-5,8H2. The van der Waals surface area contributed by atoms with Gasteiger partial charge in [-0.3, -0.25) is 4.79 Å². The predicted molar refractivity (Wildman–Crippen MR) is 75.7 cm³/mol. The molecule has 20 heavy (non-hydrogen) atoms. The molecule has 1 saturated carbocycles. The molecule has 1 heterocycles. The van der Waals surface area contributed by atoms with E-state index in [4.69, 9.17) is 11.6 Å². The summed E-state index contributed by atoms with van der Waals surface area (Å²) in [5, 5.41) is 7.32. The molecule has 0 spiro atoms. The molecule has 4 nitrogen and oxygen atoms in total. The molecule has 0 amide bonds. The Kier molecular flexibility index (Phi) is 3.44. The molecule has 3 rings (SSSR count). The Balaban J connectivity index is 1.83. The number of rotatable bonds is 4. The average molecular weight is 294 g/mol. The van der Waals surface area contributed by atoms with Crippen molar-refractivity contribution in [2.45, 2.75) is 25.4 Å². The molecule has 0 aliphatic heterocycles. The number of nitrogens with one attached hydrogen (secondary N) is 1. The van der Waals surface area contributed by atoms with Gasteiger partial charge < -0.3 is 5.32 Å². The molecule has 1 aliphatic rings. The van der Waals surface area contributed by atoms with Crippen molar-refractivity contribution in [1.29, 1.82) is 0 Å². The summed E-state index contributed by atoms with van der Waals surface area (Å²) in [4.78, 5) is 12.0. The first-order chi connectivity index (χ1) is 9.63. The third-order valence-electron chi connectivity index (χ3n) is 3.17. The Morgan fingerprint density at radius 1 is 1.45 bits per heavy atom. The number of aromatic nitrogens is 2. The second-order valence-electron chi connectivity index (χ2n) is 4.87. The molecular formula is C14H13ClFN3O. The SMILES string of the molecule is O=c1cc(NC2CC2)cnn1Cc1cccc(F)c1Cl. The molecule has 0 atom stereocenters. The van der Waals surface area contributed by atoms with Crippen molar-refractivity contribution >= 4 is 17.3 Å². The van der Waals surface area contributed by atoms with Crippen LogP contribution in [0.1, 0.15) is 18.4 Å². The van der Waals surface area contributed by atoms with Gasteiger partial charge in [-0.2, -0.15) is 5.10 Å². The molecule has 1 aromatic heterocycles. The smallest absolute Gasteiger partial charge is 0.269 e. The van der Waals surface area contributed by atoms with E-state index < -0.39 is 5.82 Å². The highest BCUT2D eigenvalue weighted by Crippen LogP contribution is 2.23. The van der Waals surface area contributed by atoms with Crippen molar-refractivity contribution in [3.8, 4) is 0 Å². The first-order valence-corrected chi connectivity index (χ1v) is 6.78. The van der Waals surface area contributed by atoms with Crippen LogP contribution in [-0.4, -0.2) is 15.8 Å². The predicted octanol–water partition coefficient (Wildman–Crippen LogP) is 2.66. The molecule has 0 unspecified atom stereocenters. The Hall–Kier alpha value is -1.88. The Morgan fingerprint density at radius 2 is 2.25 bits per heavy atom. The van der Waals surface area contributed by atoms with Gasteiger partial charge in [0.1, 0.15) is 5.82 Å². The summed E-state index contributed by atoms with van der Waals surface area (Å²) in [7, 11) is 0. The monoisotopic (exact) mass is 293 g/mol. The van der Waals surface area contributed by atoms with E-state index in [0.717, 1.165) is 18.5 Å². The fourth-order valence-electron chi connectivity index (χ4n) is 1.93. The first kappa shape index (κ1) is 13.1. The Labute approximate surface area is 120 Å². The van der Waals surface area contributed by atoms with Crippen LogP contribution in [0, 0.1) is 5.82 Å². The van der Waals surface area contributed by atoms with Crippen LogP contribution in [0.4, 0.5) is 10.1 Å². The van der Waals surface area contributed by atoms with Gasteiger partial charge in [0.2, 0.25) is 0 Å². The summed E-state index contributed by atoms with van der Waals surface area (Å²) in [5.74, 6) is -0.496. The van der Waals surface area contributed by atoms with Crippen LogP contribution in [-0.2, 0) is 6.54 Å². The summed E-state index contributed by atoms with van der Waals surface area (Å²) in [5.41, 5.74) is 1.01. The third kappa shape index (κ3) is 2.82. The number of nitrogens with zero attached hydrogens (tertiary/aromatic N) is 2. The van der Waals surface area contributed by atoms with E-state index in [2.05, 4.69) is 10.4 Å². The van der Waals surface area contributed by atoms with E-state index in [1.807, 2.05) is 0 Å². The van der Waals surface area contributed by atoms with E-state index in [0.29, 0.717) is 11.6 Å². The normalized spacial score (nSPS) is 14.3. The zero-order valence-electron chi connectivity index (χ0n) is 10.6. The second kappa shape index (κ2) is 5.25. The number of hydrogen-bond donors (Lipinski definition) is 1. The highest BCUT2D eigenvalue weighted by molar-refractivity contribution is 6.31. The Bertz CT molecular complexity index is 697. The summed E-state index contributed by atoms with van der Waals surface area (Å²) in [6.07, 6.45) is 3.86. The van der Waals surface area contributed by atoms with Gasteiger partial charge in [-0.25, -0.2) is 9.07 Å². The highest BCUT2D eigenvalue weighted by atomic mass is 35.5. The van der Waals surface area contributed by atoms with Crippen molar-refractivity contribution in [3.63, 3.8) is 0 Å². The van der Waals surface area contributed by atoms with E-state index in [1.54, 1.807) is 18.3 Å². The minimum absolute atomic E-state index is 0.0291. The first-order valence-electron chi connectivity index (χ1n) is 6.40. The van der Waals surface area contributed by atoms with Crippen molar-refractivity contribution in [2.75, 3.05) is 5.32 Å². The molecule has 6 heteroatoms. The zero-order chi connectivity index (χ0) is 14.1. The van der Waals surface area contributed by atoms with Gasteiger partial charge in [-0.15, -0.1) is 0 Å². The van der Waals surface area contributed by atoms with Crippen LogP contribution < -0.4 is 10.9 Å². The summed E-state index contributed by atoms with van der Waals surface area (Å²) in [6.45, 7) is 0.152. The van der Waals surface area contributed by atoms with Gasteiger partial charge in [-0.1, -0.05) is 23.7 Å². The molecule has 1 aliphatic carbocycles. The molecule has 0 saturated heterocycles. The molecule has 2 aromatic rings. The average Bonchev–Trinajstić information content (AvgIpc) is 3.22. The van der Waals surface area contributed by atoms with Crippen molar-refractivity contribution in [2.24, 2.45) is 0 Å². The van der Waals surface area contributed by atoms with E-state index in [-0.39, 0.29) is 17.1 Å². The molecular weight excluding hydrogens is 281 g/mol. The quantitative estimate of drug-likeness (QED) is 0.943. The van der Waals surface area contributed by atoms with Crippen molar-refractivity contribution in [1.82, 2.24) is 9.78 Å². The zero-order valence-corrected chi connectivity index (χ0v) is 11.4. The molecule has 1 N–H and O–H groups in total. The molecule has 0 bridgehead atoms. The fourth-order valence-corrected chi connectivity index (χ4v) is 2.11. The highest BCUT2D eigenvalue weighted by Gasteiger charge is 2.21. The van der Waals surface area contributed by atoms with Gasteiger partial charge >= 0.3 is 0 Å². The summed E-state index contributed by atoms with van der Waals surface area (Å²) >= 11 is 5.87. The second-order valence-corrected chi connectivity index (χ2v) is 5.25. The van der Waals surface area contributed by atoms with Gasteiger partial charge in [0, 0.05) is 12.1 Å². The van der Waals surface area contributed by atoms with Crippen LogP contribution in [0.2, 0.25) is 5.02 Å². The number of benzene rings is 1. The van der Waals surface area contributed by atoms with Gasteiger partial charge in [-0.05, 0) is 24.5 Å². The van der Waals surface area contributed by atoms with Crippen LogP contribution in [0.3, 0.4) is 0 Å². The maximum absolute atomic E-state index is 13.3. The molecule has 104 valence electrons. The van der Waals surface area contributed by atoms with E-state index in [9.17, 15) is 9.18 Å². The van der Waals surface area contributed by atoms with Gasteiger partial charge in [0.25, 0.3) is 5.56 Å². The fraction of sp³-hybridized carbons (Fsp3) is 0.286. The molecule has 0 radical (unpaired) electrons. The summed E-state index contributed by atoms with van der Waals surface area (Å²) in [6, 6.07) is 6.48. The van der Waals surface area contributed by atoms with Crippen molar-refractivity contribution < 1.29 is 4.39 Å². The lowest BCUT2D eigenvalue weighted by molar-refractivity contribution is 0.611. The van der Waals surface area contributed by atoms with Crippen LogP contribution in [0.5, 0.6) is 0 Å². The van der Waals surface area contributed by atoms with Crippen LogP contribution >= 0.6 is 11.6 Å². The van der Waals surface area contributed by atoms with E-state index >= 15 is 0 Å². The number of halogens is 2. The maximum Gasteiger partial charge on any atom is 0.269 e. The third-order valence-corrected chi connectivity index (χ3v) is 3.59. The Morgan fingerprint density at radius 3 is 2.95 bits per heavy atom. The van der Waals surface area contributed by atoms with Crippen LogP contribution in [0.15, 0.2) is 35.3 Å². The number of hydrogen-bond acceptors (Lipinski definition) is 3. The minimum atomic E-state index is -0.496. The minimum Gasteiger partial charge on any atom is -0.381 e. The maximum atomic E-state index is 13.3. The lowest BCUT2D eigenvalue weighted by atomic mass is 10.2. The van der Waals surface area contributed by atoms with Crippen molar-refractivity contribution in [3.05, 3.63) is 57.2 Å². The molecule has 1 fully saturated rings. The lowest BCUT2D eigenvalue weighted by Gasteiger charge is -2.08. The van der Waals surface area contributed by atoms with Gasteiger partial charge in [0.15, 0.2) is 0 Å².